The van der Waals surface area contributed by atoms with E-state index in [1.165, 1.54) is 0 Å². The lowest BCUT2D eigenvalue weighted by Gasteiger charge is -2.03. The maximum atomic E-state index is 5.17. The van der Waals surface area contributed by atoms with Gasteiger partial charge in [-0.15, -0.1) is 0 Å². The summed E-state index contributed by atoms with van der Waals surface area (Å²) in [6.07, 6.45) is 5.91. The third-order valence-electron chi connectivity index (χ3n) is 2.28. The third-order valence-corrected chi connectivity index (χ3v) is 2.28. The first-order chi connectivity index (χ1) is 7.29. The van der Waals surface area contributed by atoms with Crippen LogP contribution in [0.25, 0.3) is 0 Å². The molecule has 0 unspecified atom stereocenters. The van der Waals surface area contributed by atoms with Crippen molar-refractivity contribution in [3.8, 4) is 0 Å². The lowest BCUT2D eigenvalue weighted by Crippen LogP contribution is -2.03. The average molecular weight is 205 g/mol. The maximum Gasteiger partial charge on any atom is 0.156 e. The van der Waals surface area contributed by atoms with Crippen LogP contribution in [-0.4, -0.2) is 14.7 Å². The van der Waals surface area contributed by atoms with E-state index < -0.39 is 0 Å². The number of rotatable bonds is 4. The van der Waals surface area contributed by atoms with E-state index in [2.05, 4.69) is 21.6 Å². The molecule has 0 saturated carbocycles. The van der Waals surface area contributed by atoms with E-state index in [0.29, 0.717) is 0 Å². The smallest absolute Gasteiger partial charge is 0.156 e. The molecule has 15 heavy (non-hydrogen) atoms. The summed E-state index contributed by atoms with van der Waals surface area (Å²) in [5, 5.41) is 3.86. The topological polar surface area (TPSA) is 43.9 Å². The van der Waals surface area contributed by atoms with E-state index in [9.17, 15) is 0 Å². The van der Waals surface area contributed by atoms with Gasteiger partial charge in [0, 0.05) is 24.9 Å². The average Bonchev–Trinajstić information content (AvgIpc) is 2.78. The van der Waals surface area contributed by atoms with Crippen LogP contribution in [0.4, 0.5) is 0 Å². The van der Waals surface area contributed by atoms with Crippen molar-refractivity contribution in [1.82, 2.24) is 14.7 Å². The van der Waals surface area contributed by atoms with Crippen LogP contribution in [0.5, 0.6) is 0 Å². The Morgan fingerprint density at radius 1 is 1.47 bits per heavy atom. The van der Waals surface area contributed by atoms with Gasteiger partial charge < -0.3 is 9.09 Å². The Kier molecular flexibility index (Phi) is 2.85. The lowest BCUT2D eigenvalue weighted by atomic mass is 10.3. The zero-order valence-corrected chi connectivity index (χ0v) is 9.10. The van der Waals surface area contributed by atoms with Crippen LogP contribution >= 0.6 is 0 Å². The van der Waals surface area contributed by atoms with Crippen molar-refractivity contribution in [2.24, 2.45) is 0 Å². The number of hydrogen-bond acceptors (Lipinski definition) is 3. The molecule has 0 radical (unpaired) electrons. The highest BCUT2D eigenvalue weighted by Gasteiger charge is 2.05. The van der Waals surface area contributed by atoms with Gasteiger partial charge in [0.1, 0.15) is 5.82 Å². The fourth-order valence-corrected chi connectivity index (χ4v) is 1.59. The van der Waals surface area contributed by atoms with Gasteiger partial charge in [-0.1, -0.05) is 12.1 Å². The largest absolute Gasteiger partial charge is 0.359 e. The predicted molar refractivity (Wildman–Crippen MR) is 56.6 cm³/mol. The highest BCUT2D eigenvalue weighted by molar-refractivity contribution is 5.05. The molecule has 0 aliphatic rings. The summed E-state index contributed by atoms with van der Waals surface area (Å²) in [4.78, 5) is 4.31. The molecule has 0 aliphatic carbocycles. The third kappa shape index (κ3) is 2.26. The number of aryl methyl sites for hydroxylation is 2. The summed E-state index contributed by atoms with van der Waals surface area (Å²) in [5.74, 6) is 1.98. The molecule has 0 bridgehead atoms. The maximum absolute atomic E-state index is 5.17. The standard InChI is InChI=1S/C11H15N3O/c1-3-4-11-12-5-6-14(11)8-10-7-9(2)13-15-10/h5-7H,3-4,8H2,1-2H3. The van der Waals surface area contributed by atoms with Crippen molar-refractivity contribution in [2.75, 3.05) is 0 Å². The molecule has 2 aromatic heterocycles. The second-order valence-corrected chi connectivity index (χ2v) is 3.66. The zero-order chi connectivity index (χ0) is 10.7. The van der Waals surface area contributed by atoms with Gasteiger partial charge in [-0.05, 0) is 13.3 Å². The van der Waals surface area contributed by atoms with Crippen molar-refractivity contribution in [1.29, 1.82) is 0 Å². The normalized spacial score (nSPS) is 10.8. The Bertz CT molecular complexity index is 430. The van der Waals surface area contributed by atoms with Crippen LogP contribution in [0.3, 0.4) is 0 Å². The Morgan fingerprint density at radius 2 is 2.33 bits per heavy atom. The van der Waals surface area contributed by atoms with Crippen molar-refractivity contribution >= 4 is 0 Å². The second kappa shape index (κ2) is 4.29. The first-order valence-electron chi connectivity index (χ1n) is 5.22. The van der Waals surface area contributed by atoms with Crippen LogP contribution in [-0.2, 0) is 13.0 Å². The van der Waals surface area contributed by atoms with Gasteiger partial charge in [0.2, 0.25) is 0 Å². The number of nitrogens with zero attached hydrogens (tertiary/aromatic N) is 3. The molecular formula is C11H15N3O. The van der Waals surface area contributed by atoms with E-state index in [1.54, 1.807) is 0 Å². The Morgan fingerprint density at radius 3 is 3.00 bits per heavy atom. The van der Waals surface area contributed by atoms with Gasteiger partial charge in [0.05, 0.1) is 12.2 Å². The van der Waals surface area contributed by atoms with Crippen LogP contribution in [0.2, 0.25) is 0 Å². The number of aromatic nitrogens is 3. The molecule has 0 spiro atoms. The molecule has 4 nitrogen and oxygen atoms in total. The number of hydrogen-bond donors (Lipinski definition) is 0. The summed E-state index contributed by atoms with van der Waals surface area (Å²) in [5.41, 5.74) is 0.919. The summed E-state index contributed by atoms with van der Waals surface area (Å²) in [6, 6.07) is 1.95. The lowest BCUT2D eigenvalue weighted by molar-refractivity contribution is 0.371. The van der Waals surface area contributed by atoms with Gasteiger partial charge in [0.25, 0.3) is 0 Å². The van der Waals surface area contributed by atoms with E-state index in [4.69, 9.17) is 4.52 Å². The summed E-state index contributed by atoms with van der Waals surface area (Å²) in [7, 11) is 0. The van der Waals surface area contributed by atoms with Gasteiger partial charge in [-0.25, -0.2) is 4.98 Å². The molecule has 0 amide bonds. The minimum atomic E-state index is 0.718. The molecule has 0 saturated heterocycles. The highest BCUT2D eigenvalue weighted by Crippen LogP contribution is 2.08. The van der Waals surface area contributed by atoms with Crippen LogP contribution in [0.15, 0.2) is 23.0 Å². The first kappa shape index (κ1) is 9.96. The molecular weight excluding hydrogens is 190 g/mol. The number of imidazole rings is 1. The zero-order valence-electron chi connectivity index (χ0n) is 9.10. The fourth-order valence-electron chi connectivity index (χ4n) is 1.59. The van der Waals surface area contributed by atoms with Crippen molar-refractivity contribution in [3.05, 3.63) is 35.7 Å². The van der Waals surface area contributed by atoms with E-state index in [0.717, 1.165) is 36.7 Å². The molecule has 4 heteroatoms. The van der Waals surface area contributed by atoms with Gasteiger partial charge in [-0.3, -0.25) is 0 Å². The molecule has 0 fully saturated rings. The Labute approximate surface area is 88.9 Å². The minimum absolute atomic E-state index is 0.718. The summed E-state index contributed by atoms with van der Waals surface area (Å²) in [6.45, 7) is 4.79. The molecule has 80 valence electrons. The van der Waals surface area contributed by atoms with E-state index in [1.807, 2.05) is 25.4 Å². The Balaban J connectivity index is 2.13. The van der Waals surface area contributed by atoms with Crippen molar-refractivity contribution in [3.63, 3.8) is 0 Å². The minimum Gasteiger partial charge on any atom is -0.359 e. The van der Waals surface area contributed by atoms with Gasteiger partial charge in [-0.2, -0.15) is 0 Å². The molecule has 0 N–H and O–H groups in total. The first-order valence-corrected chi connectivity index (χ1v) is 5.22. The second-order valence-electron chi connectivity index (χ2n) is 3.66. The van der Waals surface area contributed by atoms with E-state index in [-0.39, 0.29) is 0 Å². The predicted octanol–water partition coefficient (Wildman–Crippen LogP) is 2.18. The summed E-state index contributed by atoms with van der Waals surface area (Å²) < 4.78 is 7.27. The fraction of sp³-hybridized carbons (Fsp3) is 0.455. The van der Waals surface area contributed by atoms with Gasteiger partial charge in [0.15, 0.2) is 5.76 Å². The molecule has 0 aliphatic heterocycles. The van der Waals surface area contributed by atoms with Crippen LogP contribution in [0.1, 0.15) is 30.6 Å². The molecule has 2 heterocycles. The molecule has 0 aromatic carbocycles. The van der Waals surface area contributed by atoms with Crippen LogP contribution < -0.4 is 0 Å². The van der Waals surface area contributed by atoms with E-state index >= 15 is 0 Å². The SMILES string of the molecule is CCCc1nccn1Cc1cc(C)no1. The summed E-state index contributed by atoms with van der Waals surface area (Å²) >= 11 is 0. The Hall–Kier alpha value is -1.58. The van der Waals surface area contributed by atoms with Crippen LogP contribution in [0, 0.1) is 6.92 Å². The highest BCUT2D eigenvalue weighted by atomic mass is 16.5. The monoisotopic (exact) mass is 205 g/mol. The van der Waals surface area contributed by atoms with Crippen molar-refractivity contribution < 1.29 is 4.52 Å². The molecule has 0 atom stereocenters. The quantitative estimate of drug-likeness (QED) is 0.768. The molecule has 2 rings (SSSR count). The van der Waals surface area contributed by atoms with Crippen molar-refractivity contribution in [2.45, 2.75) is 33.2 Å². The molecule has 2 aromatic rings. The van der Waals surface area contributed by atoms with Gasteiger partial charge >= 0.3 is 0 Å².